The quantitative estimate of drug-likeness (QED) is 0.813. The van der Waals surface area contributed by atoms with Crippen molar-refractivity contribution in [2.45, 2.75) is 77.1 Å². The van der Waals surface area contributed by atoms with Gasteiger partial charge < -0.3 is 19.8 Å². The summed E-state index contributed by atoms with van der Waals surface area (Å²) in [6.45, 7) is 12.8. The van der Waals surface area contributed by atoms with Crippen molar-refractivity contribution in [2.75, 3.05) is 39.8 Å². The van der Waals surface area contributed by atoms with Crippen LogP contribution in [0.15, 0.2) is 0 Å². The zero-order chi connectivity index (χ0) is 16.1. The first-order valence-electron chi connectivity index (χ1n) is 9.33. The summed E-state index contributed by atoms with van der Waals surface area (Å²) in [4.78, 5) is 7.75. The molecular weight excluding hydrogens is 274 g/mol. The van der Waals surface area contributed by atoms with Crippen LogP contribution in [-0.2, 0) is 0 Å². The van der Waals surface area contributed by atoms with Crippen LogP contribution in [-0.4, -0.2) is 83.8 Å². The van der Waals surface area contributed by atoms with Crippen LogP contribution in [0.2, 0.25) is 0 Å². The molecule has 0 aliphatic carbocycles. The third-order valence-electron chi connectivity index (χ3n) is 5.87. The molecule has 0 aromatic rings. The van der Waals surface area contributed by atoms with Gasteiger partial charge in [0.05, 0.1) is 6.10 Å². The van der Waals surface area contributed by atoms with Crippen LogP contribution in [0.3, 0.4) is 0 Å². The van der Waals surface area contributed by atoms with E-state index in [1.54, 1.807) is 0 Å². The van der Waals surface area contributed by atoms with E-state index in [1.807, 2.05) is 0 Å². The first-order chi connectivity index (χ1) is 10.5. The standard InChI is InChI=1S/C18H37N3O/c1-15(2)20-11-6-17(7-12-20)19(4)10-5-16(3)21-13-8-18(22)9-14-21/h15-18,22H,5-14H2,1-4H3/t16-/m0/s1. The van der Waals surface area contributed by atoms with Gasteiger partial charge in [-0.25, -0.2) is 0 Å². The van der Waals surface area contributed by atoms with E-state index in [0.29, 0.717) is 12.1 Å². The molecule has 2 aliphatic heterocycles. The second kappa shape index (κ2) is 8.62. The fraction of sp³-hybridized carbons (Fsp3) is 1.00. The second-order valence-electron chi connectivity index (χ2n) is 7.75. The van der Waals surface area contributed by atoms with Crippen molar-refractivity contribution < 1.29 is 5.11 Å². The van der Waals surface area contributed by atoms with E-state index >= 15 is 0 Å². The molecule has 0 bridgehead atoms. The fourth-order valence-corrected chi connectivity index (χ4v) is 3.93. The molecule has 0 saturated carbocycles. The normalized spacial score (nSPS) is 25.2. The topological polar surface area (TPSA) is 30.0 Å². The largest absolute Gasteiger partial charge is 0.393 e. The minimum absolute atomic E-state index is 0.0581. The van der Waals surface area contributed by atoms with Gasteiger partial charge in [0.2, 0.25) is 0 Å². The van der Waals surface area contributed by atoms with Crippen LogP contribution >= 0.6 is 0 Å². The highest BCUT2D eigenvalue weighted by Gasteiger charge is 2.25. The lowest BCUT2D eigenvalue weighted by Gasteiger charge is -2.39. The molecule has 0 aromatic heterocycles. The molecule has 1 atom stereocenters. The van der Waals surface area contributed by atoms with Gasteiger partial charge in [0.15, 0.2) is 0 Å². The van der Waals surface area contributed by atoms with Crippen molar-refractivity contribution in [3.05, 3.63) is 0 Å². The highest BCUT2D eigenvalue weighted by atomic mass is 16.3. The summed E-state index contributed by atoms with van der Waals surface area (Å²) in [5.41, 5.74) is 0. The summed E-state index contributed by atoms with van der Waals surface area (Å²) in [6, 6.07) is 2.11. The van der Waals surface area contributed by atoms with E-state index in [0.717, 1.165) is 32.0 Å². The minimum atomic E-state index is -0.0581. The maximum Gasteiger partial charge on any atom is 0.0564 e. The number of nitrogens with zero attached hydrogens (tertiary/aromatic N) is 3. The average molecular weight is 312 g/mol. The van der Waals surface area contributed by atoms with Gasteiger partial charge in [-0.2, -0.15) is 0 Å². The van der Waals surface area contributed by atoms with Gasteiger partial charge in [0, 0.05) is 31.2 Å². The van der Waals surface area contributed by atoms with Crippen LogP contribution in [0, 0.1) is 0 Å². The third-order valence-corrected chi connectivity index (χ3v) is 5.87. The molecule has 2 saturated heterocycles. The van der Waals surface area contributed by atoms with Crippen LogP contribution in [0.4, 0.5) is 0 Å². The number of piperidine rings is 2. The second-order valence-corrected chi connectivity index (χ2v) is 7.75. The van der Waals surface area contributed by atoms with Gasteiger partial charge in [0.1, 0.15) is 0 Å². The predicted octanol–water partition coefficient (Wildman–Crippen LogP) is 2.03. The summed E-state index contributed by atoms with van der Waals surface area (Å²) >= 11 is 0. The summed E-state index contributed by atoms with van der Waals surface area (Å²) in [5.74, 6) is 0. The first-order valence-corrected chi connectivity index (χ1v) is 9.33. The highest BCUT2D eigenvalue weighted by Crippen LogP contribution is 2.19. The SMILES string of the molecule is CC(C)N1CCC(N(C)CC[C@H](C)N2CCC(O)CC2)CC1. The molecule has 0 unspecified atom stereocenters. The van der Waals surface area contributed by atoms with Gasteiger partial charge in [0.25, 0.3) is 0 Å². The molecular formula is C18H37N3O. The lowest BCUT2D eigenvalue weighted by molar-refractivity contribution is 0.0560. The number of aliphatic hydroxyl groups excluding tert-OH is 1. The van der Waals surface area contributed by atoms with E-state index in [2.05, 4.69) is 42.5 Å². The van der Waals surface area contributed by atoms with Crippen LogP contribution in [0.25, 0.3) is 0 Å². The van der Waals surface area contributed by atoms with Crippen LogP contribution < -0.4 is 0 Å². The minimum Gasteiger partial charge on any atom is -0.393 e. The van der Waals surface area contributed by atoms with Gasteiger partial charge >= 0.3 is 0 Å². The number of hydrogen-bond donors (Lipinski definition) is 1. The molecule has 2 fully saturated rings. The van der Waals surface area contributed by atoms with Gasteiger partial charge in [-0.1, -0.05) is 0 Å². The Hall–Kier alpha value is -0.160. The average Bonchev–Trinajstić information content (AvgIpc) is 2.53. The van der Waals surface area contributed by atoms with Crippen molar-refractivity contribution >= 4 is 0 Å². The Bertz CT molecular complexity index is 307. The van der Waals surface area contributed by atoms with Gasteiger partial charge in [-0.15, -0.1) is 0 Å². The maximum absolute atomic E-state index is 9.62. The Kier molecular flexibility index (Phi) is 7.13. The molecule has 0 radical (unpaired) electrons. The van der Waals surface area contributed by atoms with Gasteiger partial charge in [-0.05, 0) is 79.6 Å². The molecule has 2 aliphatic rings. The lowest BCUT2D eigenvalue weighted by Crippen LogP contribution is -2.47. The molecule has 2 heterocycles. The van der Waals surface area contributed by atoms with Gasteiger partial charge in [-0.3, -0.25) is 0 Å². The zero-order valence-corrected chi connectivity index (χ0v) is 15.2. The van der Waals surface area contributed by atoms with Crippen molar-refractivity contribution in [1.82, 2.24) is 14.7 Å². The van der Waals surface area contributed by atoms with E-state index < -0.39 is 0 Å². The molecule has 22 heavy (non-hydrogen) atoms. The Morgan fingerprint density at radius 1 is 0.955 bits per heavy atom. The van der Waals surface area contributed by atoms with Crippen LogP contribution in [0.1, 0.15) is 52.9 Å². The number of hydrogen-bond acceptors (Lipinski definition) is 4. The van der Waals surface area contributed by atoms with E-state index in [-0.39, 0.29) is 6.10 Å². The molecule has 0 amide bonds. The summed E-state index contributed by atoms with van der Waals surface area (Å²) in [6.07, 6.45) is 5.73. The Balaban J connectivity index is 1.66. The number of rotatable bonds is 6. The Morgan fingerprint density at radius 3 is 2.05 bits per heavy atom. The highest BCUT2D eigenvalue weighted by molar-refractivity contribution is 4.81. The summed E-state index contributed by atoms with van der Waals surface area (Å²) in [5, 5.41) is 9.62. The summed E-state index contributed by atoms with van der Waals surface area (Å²) in [7, 11) is 2.31. The number of likely N-dealkylation sites (tertiary alicyclic amines) is 2. The van der Waals surface area contributed by atoms with Crippen molar-refractivity contribution in [3.8, 4) is 0 Å². The molecule has 4 nitrogen and oxygen atoms in total. The molecule has 2 rings (SSSR count). The van der Waals surface area contributed by atoms with Crippen molar-refractivity contribution in [1.29, 1.82) is 0 Å². The monoisotopic (exact) mass is 311 g/mol. The first kappa shape index (κ1) is 18.2. The molecule has 0 spiro atoms. The smallest absolute Gasteiger partial charge is 0.0564 e. The molecule has 130 valence electrons. The Morgan fingerprint density at radius 2 is 1.50 bits per heavy atom. The third kappa shape index (κ3) is 5.19. The fourth-order valence-electron chi connectivity index (χ4n) is 3.93. The maximum atomic E-state index is 9.62. The van der Waals surface area contributed by atoms with Crippen molar-refractivity contribution in [3.63, 3.8) is 0 Å². The Labute approximate surface area is 137 Å². The number of aliphatic hydroxyl groups is 1. The predicted molar refractivity (Wildman–Crippen MR) is 93.3 cm³/mol. The van der Waals surface area contributed by atoms with E-state index in [4.69, 9.17) is 0 Å². The lowest BCUT2D eigenvalue weighted by atomic mass is 10.0. The molecule has 0 aromatic carbocycles. The van der Waals surface area contributed by atoms with Crippen LogP contribution in [0.5, 0.6) is 0 Å². The molecule has 4 heteroatoms. The molecule has 1 N–H and O–H groups in total. The van der Waals surface area contributed by atoms with Crippen molar-refractivity contribution in [2.24, 2.45) is 0 Å². The van der Waals surface area contributed by atoms with E-state index in [1.165, 1.54) is 38.9 Å². The van der Waals surface area contributed by atoms with E-state index in [9.17, 15) is 5.11 Å². The zero-order valence-electron chi connectivity index (χ0n) is 15.2. The summed E-state index contributed by atoms with van der Waals surface area (Å²) < 4.78 is 0.